The molecule has 0 saturated carbocycles. The zero-order valence-corrected chi connectivity index (χ0v) is 14.7. The van der Waals surface area contributed by atoms with Crippen LogP contribution in [0.2, 0.25) is 0 Å². The molecule has 0 aliphatic rings. The standard InChI is InChI=1S/C18H29N3O2/c1-5-16(15-10-8-14(4)9-11-15)20-18(23)13-21(7-3)12-17(22)19-6-2/h8-11,16H,5-7,12-13H2,1-4H3,(H,19,22)(H,20,23)/p+1/t16-/m1/s1. The maximum atomic E-state index is 12.3. The monoisotopic (exact) mass is 320 g/mol. The third-order valence-corrected chi connectivity index (χ3v) is 3.92. The van der Waals surface area contributed by atoms with Gasteiger partial charge in [0.05, 0.1) is 12.6 Å². The van der Waals surface area contributed by atoms with Crippen LogP contribution in [0.1, 0.15) is 44.4 Å². The van der Waals surface area contributed by atoms with Gasteiger partial charge in [0.15, 0.2) is 13.1 Å². The van der Waals surface area contributed by atoms with E-state index in [1.165, 1.54) is 5.56 Å². The number of likely N-dealkylation sites (N-methyl/N-ethyl adjacent to an activating group) is 2. The molecule has 2 atom stereocenters. The zero-order chi connectivity index (χ0) is 17.2. The number of carbonyl (C=O) groups is 2. The maximum Gasteiger partial charge on any atom is 0.275 e. The molecule has 0 radical (unpaired) electrons. The van der Waals surface area contributed by atoms with Crippen LogP contribution < -0.4 is 15.5 Å². The van der Waals surface area contributed by atoms with E-state index in [4.69, 9.17) is 0 Å². The maximum absolute atomic E-state index is 12.3. The van der Waals surface area contributed by atoms with Gasteiger partial charge in [-0.2, -0.15) is 0 Å². The Morgan fingerprint density at radius 1 is 1.04 bits per heavy atom. The summed E-state index contributed by atoms with van der Waals surface area (Å²) < 4.78 is 0. The average Bonchev–Trinajstić information content (AvgIpc) is 2.53. The van der Waals surface area contributed by atoms with Crippen LogP contribution in [0.3, 0.4) is 0 Å². The molecule has 0 bridgehead atoms. The van der Waals surface area contributed by atoms with Crippen LogP contribution in [0.25, 0.3) is 0 Å². The molecule has 5 nitrogen and oxygen atoms in total. The van der Waals surface area contributed by atoms with Gasteiger partial charge >= 0.3 is 0 Å². The molecule has 0 aromatic heterocycles. The Balaban J connectivity index is 2.58. The molecule has 2 amide bonds. The van der Waals surface area contributed by atoms with Gasteiger partial charge < -0.3 is 15.5 Å². The largest absolute Gasteiger partial charge is 0.351 e. The Kier molecular flexibility index (Phi) is 8.33. The van der Waals surface area contributed by atoms with Gasteiger partial charge in [0.25, 0.3) is 11.8 Å². The second-order valence-corrected chi connectivity index (χ2v) is 5.85. The van der Waals surface area contributed by atoms with E-state index < -0.39 is 0 Å². The van der Waals surface area contributed by atoms with E-state index in [1.807, 2.05) is 20.8 Å². The highest BCUT2D eigenvalue weighted by atomic mass is 16.2. The fraction of sp³-hybridized carbons (Fsp3) is 0.556. The Labute approximate surface area is 139 Å². The van der Waals surface area contributed by atoms with Crippen molar-refractivity contribution in [2.75, 3.05) is 26.2 Å². The normalized spacial score (nSPS) is 13.2. The molecule has 1 rings (SSSR count). The van der Waals surface area contributed by atoms with Gasteiger partial charge in [0.1, 0.15) is 0 Å². The van der Waals surface area contributed by atoms with E-state index in [-0.39, 0.29) is 17.9 Å². The van der Waals surface area contributed by atoms with E-state index in [1.54, 1.807) is 0 Å². The Morgan fingerprint density at radius 3 is 2.17 bits per heavy atom. The van der Waals surface area contributed by atoms with Gasteiger partial charge in [0, 0.05) is 6.54 Å². The fourth-order valence-electron chi connectivity index (χ4n) is 2.49. The third kappa shape index (κ3) is 6.82. The summed E-state index contributed by atoms with van der Waals surface area (Å²) in [5, 5.41) is 5.86. The summed E-state index contributed by atoms with van der Waals surface area (Å²) >= 11 is 0. The number of amides is 2. The van der Waals surface area contributed by atoms with Crippen LogP contribution in [0.4, 0.5) is 0 Å². The first kappa shape index (κ1) is 19.2. The number of benzene rings is 1. The summed E-state index contributed by atoms with van der Waals surface area (Å²) in [6, 6.07) is 8.25. The molecule has 23 heavy (non-hydrogen) atoms. The molecule has 5 heteroatoms. The van der Waals surface area contributed by atoms with Gasteiger partial charge in [-0.05, 0) is 32.8 Å². The topological polar surface area (TPSA) is 62.6 Å². The summed E-state index contributed by atoms with van der Waals surface area (Å²) in [5.74, 6) is -0.0266. The first-order chi connectivity index (χ1) is 11.0. The molecule has 0 spiro atoms. The van der Waals surface area contributed by atoms with Crippen LogP contribution in [0, 0.1) is 6.92 Å². The van der Waals surface area contributed by atoms with Crippen LogP contribution in [0.5, 0.6) is 0 Å². The van der Waals surface area contributed by atoms with Crippen molar-refractivity contribution in [2.24, 2.45) is 0 Å². The number of carbonyl (C=O) groups excluding carboxylic acids is 2. The molecule has 1 unspecified atom stereocenters. The highest BCUT2D eigenvalue weighted by Crippen LogP contribution is 2.16. The van der Waals surface area contributed by atoms with Crippen molar-refractivity contribution in [3.63, 3.8) is 0 Å². The van der Waals surface area contributed by atoms with Crippen molar-refractivity contribution in [3.05, 3.63) is 35.4 Å². The Hall–Kier alpha value is -1.88. The highest BCUT2D eigenvalue weighted by Gasteiger charge is 2.19. The molecule has 0 aliphatic heterocycles. The minimum atomic E-state index is -0.0152. The first-order valence-corrected chi connectivity index (χ1v) is 8.46. The lowest BCUT2D eigenvalue weighted by molar-refractivity contribution is -0.881. The van der Waals surface area contributed by atoms with Gasteiger partial charge in [-0.3, -0.25) is 9.59 Å². The number of nitrogens with one attached hydrogen (secondary N) is 3. The predicted molar refractivity (Wildman–Crippen MR) is 92.3 cm³/mol. The lowest BCUT2D eigenvalue weighted by Gasteiger charge is -2.21. The summed E-state index contributed by atoms with van der Waals surface area (Å²) in [6.45, 7) is 9.99. The molecule has 0 saturated heterocycles. The molecular formula is C18H30N3O2+. The molecule has 0 aliphatic carbocycles. The fourth-order valence-corrected chi connectivity index (χ4v) is 2.49. The van der Waals surface area contributed by atoms with Crippen molar-refractivity contribution in [1.29, 1.82) is 0 Å². The van der Waals surface area contributed by atoms with Crippen molar-refractivity contribution in [3.8, 4) is 0 Å². The molecule has 0 heterocycles. The smallest absolute Gasteiger partial charge is 0.275 e. The van der Waals surface area contributed by atoms with Gasteiger partial charge in [-0.1, -0.05) is 36.8 Å². The van der Waals surface area contributed by atoms with Crippen LogP contribution in [0.15, 0.2) is 24.3 Å². The SMILES string of the molecule is CCNC(=O)C[NH+](CC)CC(=O)N[C@H](CC)c1ccc(C)cc1. The molecular weight excluding hydrogens is 290 g/mol. The van der Waals surface area contributed by atoms with Crippen LogP contribution in [-0.4, -0.2) is 38.0 Å². The van der Waals surface area contributed by atoms with E-state index in [0.717, 1.165) is 23.4 Å². The van der Waals surface area contributed by atoms with Crippen molar-refractivity contribution in [1.82, 2.24) is 10.6 Å². The number of hydrogen-bond donors (Lipinski definition) is 3. The summed E-state index contributed by atoms with van der Waals surface area (Å²) in [6.07, 6.45) is 0.840. The molecule has 128 valence electrons. The van der Waals surface area contributed by atoms with Gasteiger partial charge in [-0.25, -0.2) is 0 Å². The zero-order valence-electron chi connectivity index (χ0n) is 14.7. The number of quaternary nitrogens is 1. The quantitative estimate of drug-likeness (QED) is 0.624. The minimum absolute atomic E-state index is 0.0114. The van der Waals surface area contributed by atoms with Gasteiger partial charge in [-0.15, -0.1) is 0 Å². The second kappa shape index (κ2) is 10.0. The number of rotatable bonds is 9. The Bertz CT molecular complexity index is 499. The molecule has 1 aromatic carbocycles. The first-order valence-electron chi connectivity index (χ1n) is 8.46. The summed E-state index contributed by atoms with van der Waals surface area (Å²) in [5.41, 5.74) is 2.33. The van der Waals surface area contributed by atoms with E-state index in [9.17, 15) is 9.59 Å². The van der Waals surface area contributed by atoms with Gasteiger partial charge in [0.2, 0.25) is 0 Å². The van der Waals surface area contributed by atoms with Crippen molar-refractivity contribution < 1.29 is 14.5 Å². The highest BCUT2D eigenvalue weighted by molar-refractivity contribution is 5.79. The molecule has 1 aromatic rings. The Morgan fingerprint density at radius 2 is 1.65 bits per heavy atom. The average molecular weight is 320 g/mol. The number of hydrogen-bond acceptors (Lipinski definition) is 2. The minimum Gasteiger partial charge on any atom is -0.351 e. The number of aryl methyl sites for hydroxylation is 1. The summed E-state index contributed by atoms with van der Waals surface area (Å²) in [4.78, 5) is 24.9. The van der Waals surface area contributed by atoms with E-state index >= 15 is 0 Å². The third-order valence-electron chi connectivity index (χ3n) is 3.92. The van der Waals surface area contributed by atoms with E-state index in [0.29, 0.717) is 19.6 Å². The molecule has 3 N–H and O–H groups in total. The predicted octanol–water partition coefficient (Wildman–Crippen LogP) is 0.603. The lowest BCUT2D eigenvalue weighted by atomic mass is 10.0. The summed E-state index contributed by atoms with van der Waals surface area (Å²) in [7, 11) is 0. The van der Waals surface area contributed by atoms with E-state index in [2.05, 4.69) is 41.8 Å². The second-order valence-electron chi connectivity index (χ2n) is 5.85. The van der Waals surface area contributed by atoms with Crippen molar-refractivity contribution in [2.45, 2.75) is 40.2 Å². The lowest BCUT2D eigenvalue weighted by Crippen LogP contribution is -3.14. The van der Waals surface area contributed by atoms with Crippen LogP contribution in [-0.2, 0) is 9.59 Å². The molecule has 0 fully saturated rings. The van der Waals surface area contributed by atoms with Crippen molar-refractivity contribution >= 4 is 11.8 Å². The van der Waals surface area contributed by atoms with Crippen LogP contribution >= 0.6 is 0 Å².